The maximum absolute atomic E-state index is 14.1. The summed E-state index contributed by atoms with van der Waals surface area (Å²) in [7, 11) is -4.10. The number of hydrogen-bond acceptors (Lipinski definition) is 9. The zero-order valence-electron chi connectivity index (χ0n) is 29.4. The Morgan fingerprint density at radius 3 is 2.22 bits per heavy atom. The van der Waals surface area contributed by atoms with E-state index in [0.717, 1.165) is 21.6 Å². The average Bonchev–Trinajstić information content (AvgIpc) is 3.36. The van der Waals surface area contributed by atoms with E-state index >= 15 is 0 Å². The summed E-state index contributed by atoms with van der Waals surface area (Å²) in [6.45, 7) is 7.07. The molecule has 3 aromatic rings. The lowest BCUT2D eigenvalue weighted by Crippen LogP contribution is -2.57. The number of urea groups is 1. The van der Waals surface area contributed by atoms with Crippen LogP contribution in [0.4, 0.5) is 4.79 Å². The van der Waals surface area contributed by atoms with Crippen LogP contribution in [0.1, 0.15) is 49.9 Å². The first-order valence-electron chi connectivity index (χ1n) is 16.9. The molecule has 0 saturated carbocycles. The van der Waals surface area contributed by atoms with E-state index in [0.29, 0.717) is 12.1 Å². The molecule has 274 valence electrons. The Morgan fingerprint density at radius 1 is 0.961 bits per heavy atom. The van der Waals surface area contributed by atoms with Crippen LogP contribution in [0, 0.1) is 11.8 Å². The molecule has 0 unspecified atom stereocenters. The SMILES string of the molecule is CC(C)CN(C[C@@H](O)[C@H](Cc1ccccc1)NC(=O)[C@H](C(C)C)N1CC(=O)N(Cc2cccc(CN)c2)C1=O)S(=O)(=O)c1ccc(/C=N/O)cc1. The highest BCUT2D eigenvalue weighted by atomic mass is 32.2. The van der Waals surface area contributed by atoms with Crippen LogP contribution >= 0.6 is 0 Å². The smallest absolute Gasteiger partial charge is 0.328 e. The molecule has 1 saturated heterocycles. The fraction of sp³-hybridized carbons (Fsp3) is 0.405. The normalized spacial score (nSPS) is 15.7. The molecule has 4 amide bonds. The monoisotopic (exact) mass is 720 g/mol. The van der Waals surface area contributed by atoms with E-state index in [1.807, 2.05) is 56.3 Å². The number of nitrogens with zero attached hydrogens (tertiary/aromatic N) is 4. The van der Waals surface area contributed by atoms with E-state index in [9.17, 15) is 27.9 Å². The van der Waals surface area contributed by atoms with Gasteiger partial charge in [0.25, 0.3) is 5.91 Å². The maximum atomic E-state index is 14.1. The Bertz CT molecular complexity index is 1780. The first-order chi connectivity index (χ1) is 24.2. The van der Waals surface area contributed by atoms with Gasteiger partial charge in [-0.1, -0.05) is 99.6 Å². The average molecular weight is 721 g/mol. The van der Waals surface area contributed by atoms with E-state index in [1.165, 1.54) is 39.7 Å². The molecule has 51 heavy (non-hydrogen) atoms. The molecular weight excluding hydrogens is 673 g/mol. The zero-order valence-corrected chi connectivity index (χ0v) is 30.2. The minimum absolute atomic E-state index is 0.00882. The lowest BCUT2D eigenvalue weighted by Gasteiger charge is -2.34. The molecule has 1 heterocycles. The number of imide groups is 1. The molecule has 0 aliphatic carbocycles. The fourth-order valence-electron chi connectivity index (χ4n) is 6.15. The van der Waals surface area contributed by atoms with Crippen molar-refractivity contribution in [2.75, 3.05) is 19.6 Å². The van der Waals surface area contributed by atoms with Crippen LogP contribution in [-0.2, 0) is 39.1 Å². The van der Waals surface area contributed by atoms with Gasteiger partial charge in [-0.2, -0.15) is 4.31 Å². The van der Waals surface area contributed by atoms with Crippen LogP contribution in [0.2, 0.25) is 0 Å². The molecule has 14 heteroatoms. The summed E-state index contributed by atoms with van der Waals surface area (Å²) in [5.41, 5.74) is 8.65. The summed E-state index contributed by atoms with van der Waals surface area (Å²) in [5, 5.41) is 26.5. The second-order valence-corrected chi connectivity index (χ2v) is 15.4. The minimum Gasteiger partial charge on any atom is -0.411 e. The van der Waals surface area contributed by atoms with Gasteiger partial charge in [0, 0.05) is 19.6 Å². The number of carbonyl (C=O) groups is 3. The van der Waals surface area contributed by atoms with E-state index < -0.39 is 52.0 Å². The van der Waals surface area contributed by atoms with Crippen molar-refractivity contribution in [1.82, 2.24) is 19.4 Å². The molecule has 5 N–H and O–H groups in total. The zero-order chi connectivity index (χ0) is 37.3. The predicted octanol–water partition coefficient (Wildman–Crippen LogP) is 3.18. The van der Waals surface area contributed by atoms with E-state index in [1.54, 1.807) is 26.0 Å². The van der Waals surface area contributed by atoms with Crippen LogP contribution in [0.15, 0.2) is 88.9 Å². The van der Waals surface area contributed by atoms with Crippen LogP contribution in [-0.4, -0.2) is 94.7 Å². The predicted molar refractivity (Wildman–Crippen MR) is 193 cm³/mol. The molecule has 0 spiro atoms. The van der Waals surface area contributed by atoms with Crippen LogP contribution in [0.25, 0.3) is 0 Å². The molecule has 1 fully saturated rings. The number of sulfonamides is 1. The topological polar surface area (TPSA) is 186 Å². The number of benzene rings is 3. The quantitative estimate of drug-likeness (QED) is 0.0709. The van der Waals surface area contributed by atoms with Crippen molar-refractivity contribution >= 4 is 34.1 Å². The first-order valence-corrected chi connectivity index (χ1v) is 18.4. The number of nitrogens with one attached hydrogen (secondary N) is 1. The van der Waals surface area contributed by atoms with Gasteiger partial charge in [0.05, 0.1) is 29.8 Å². The summed E-state index contributed by atoms with van der Waals surface area (Å²) in [5.74, 6) is -1.52. The number of hydrogen-bond donors (Lipinski definition) is 4. The Balaban J connectivity index is 1.59. The summed E-state index contributed by atoms with van der Waals surface area (Å²) >= 11 is 0. The van der Waals surface area contributed by atoms with Gasteiger partial charge in [-0.05, 0) is 52.6 Å². The molecule has 3 atom stereocenters. The Labute approximate surface area is 299 Å². The molecule has 0 radical (unpaired) electrons. The Kier molecular flexibility index (Phi) is 13.5. The van der Waals surface area contributed by atoms with Crippen LogP contribution < -0.4 is 11.1 Å². The molecule has 1 aliphatic rings. The number of aliphatic hydroxyl groups excluding tert-OH is 1. The van der Waals surface area contributed by atoms with Gasteiger partial charge >= 0.3 is 6.03 Å². The number of nitrogens with two attached hydrogens (primary N) is 1. The summed E-state index contributed by atoms with van der Waals surface area (Å²) < 4.78 is 28.9. The van der Waals surface area contributed by atoms with Crippen molar-refractivity contribution < 1.29 is 33.1 Å². The van der Waals surface area contributed by atoms with Crippen molar-refractivity contribution in [3.63, 3.8) is 0 Å². The minimum atomic E-state index is -4.10. The molecular formula is C37H48N6O7S. The van der Waals surface area contributed by atoms with Gasteiger partial charge in [-0.25, -0.2) is 13.2 Å². The highest BCUT2D eigenvalue weighted by Gasteiger charge is 2.44. The summed E-state index contributed by atoms with van der Waals surface area (Å²) in [6.07, 6.45) is -0.0179. The molecule has 13 nitrogen and oxygen atoms in total. The van der Waals surface area contributed by atoms with Gasteiger partial charge in [0.1, 0.15) is 12.6 Å². The van der Waals surface area contributed by atoms with Crippen LogP contribution in [0.3, 0.4) is 0 Å². The van der Waals surface area contributed by atoms with Gasteiger partial charge in [0.2, 0.25) is 15.9 Å². The fourth-order valence-corrected chi connectivity index (χ4v) is 7.77. The van der Waals surface area contributed by atoms with Crippen molar-refractivity contribution in [2.24, 2.45) is 22.7 Å². The lowest BCUT2D eigenvalue weighted by molar-refractivity contribution is -0.129. The second kappa shape index (κ2) is 17.5. The van der Waals surface area contributed by atoms with E-state index in [4.69, 9.17) is 10.9 Å². The lowest BCUT2D eigenvalue weighted by atomic mass is 9.97. The highest BCUT2D eigenvalue weighted by Crippen LogP contribution is 2.24. The highest BCUT2D eigenvalue weighted by molar-refractivity contribution is 7.89. The number of amides is 4. The Morgan fingerprint density at radius 2 is 1.61 bits per heavy atom. The molecule has 3 aromatic carbocycles. The van der Waals surface area contributed by atoms with E-state index in [2.05, 4.69) is 10.5 Å². The van der Waals surface area contributed by atoms with Crippen LogP contribution in [0.5, 0.6) is 0 Å². The van der Waals surface area contributed by atoms with Crippen molar-refractivity contribution in [3.8, 4) is 0 Å². The van der Waals surface area contributed by atoms with Gasteiger partial charge in [0.15, 0.2) is 0 Å². The number of aliphatic hydroxyl groups is 1. The van der Waals surface area contributed by atoms with Gasteiger partial charge in [-0.3, -0.25) is 14.5 Å². The molecule has 1 aliphatic heterocycles. The standard InChI is InChI=1S/C37H48N6O7S/c1-25(2)21-41(51(49,50)31-15-13-28(14-16-31)20-39-48)23-33(44)32(18-27-9-6-5-7-10-27)40-36(46)35(26(3)4)43-24-34(45)42(37(43)47)22-30-12-8-11-29(17-30)19-38/h5-17,20,25-26,32-33,35,44,48H,18-19,21-24,38H2,1-4H3,(H,40,46)/b39-20+/t32-,33+,35-/m0/s1. The summed E-state index contributed by atoms with van der Waals surface area (Å²) in [6, 6.07) is 19.6. The molecule has 4 rings (SSSR count). The third-order valence-corrected chi connectivity index (χ3v) is 10.5. The second-order valence-electron chi connectivity index (χ2n) is 13.5. The number of rotatable bonds is 17. The van der Waals surface area contributed by atoms with Gasteiger partial charge < -0.3 is 26.3 Å². The van der Waals surface area contributed by atoms with Crippen molar-refractivity contribution in [2.45, 2.75) is 70.3 Å². The van der Waals surface area contributed by atoms with Crippen molar-refractivity contribution in [3.05, 3.63) is 101 Å². The third-order valence-electron chi connectivity index (χ3n) is 8.66. The maximum Gasteiger partial charge on any atom is 0.328 e. The number of oxime groups is 1. The van der Waals surface area contributed by atoms with Crippen molar-refractivity contribution in [1.29, 1.82) is 0 Å². The molecule has 0 bridgehead atoms. The third kappa shape index (κ3) is 10.0. The van der Waals surface area contributed by atoms with Gasteiger partial charge in [-0.15, -0.1) is 0 Å². The number of carbonyl (C=O) groups excluding carboxylic acids is 3. The van der Waals surface area contributed by atoms with E-state index in [-0.39, 0.29) is 43.4 Å². The molecule has 0 aromatic heterocycles. The summed E-state index contributed by atoms with van der Waals surface area (Å²) in [4.78, 5) is 43.3. The largest absolute Gasteiger partial charge is 0.411 e. The first kappa shape index (κ1) is 39.2. The Hall–Kier alpha value is -4.63.